The summed E-state index contributed by atoms with van der Waals surface area (Å²) in [5.41, 5.74) is 2.40. The highest BCUT2D eigenvalue weighted by atomic mass is 16.5. The number of benzene rings is 1. The van der Waals surface area contributed by atoms with E-state index in [9.17, 15) is 9.59 Å². The zero-order valence-corrected chi connectivity index (χ0v) is 14.6. The molecular formula is C19H27NO3. The van der Waals surface area contributed by atoms with E-state index >= 15 is 0 Å². The molecule has 1 aliphatic rings. The van der Waals surface area contributed by atoms with Gasteiger partial charge in [-0.3, -0.25) is 4.79 Å². The first-order valence-corrected chi connectivity index (χ1v) is 8.38. The SMILES string of the molecule is Cc1ccc(C)c(C(=O)OCC(=O)N(C)C2CCC(C)CC2)c1. The highest BCUT2D eigenvalue weighted by Crippen LogP contribution is 2.26. The molecule has 4 heteroatoms. The van der Waals surface area contributed by atoms with Gasteiger partial charge in [0, 0.05) is 13.1 Å². The first-order valence-electron chi connectivity index (χ1n) is 8.38. The second kappa shape index (κ2) is 7.62. The monoisotopic (exact) mass is 317 g/mol. The fourth-order valence-electron chi connectivity index (χ4n) is 3.10. The van der Waals surface area contributed by atoms with Crippen LogP contribution in [-0.2, 0) is 9.53 Å². The molecule has 23 heavy (non-hydrogen) atoms. The van der Waals surface area contributed by atoms with E-state index in [0.29, 0.717) is 5.56 Å². The topological polar surface area (TPSA) is 46.6 Å². The molecule has 1 aromatic carbocycles. The van der Waals surface area contributed by atoms with Gasteiger partial charge in [0.15, 0.2) is 6.61 Å². The van der Waals surface area contributed by atoms with E-state index in [0.717, 1.165) is 42.7 Å². The first-order chi connectivity index (χ1) is 10.9. The minimum atomic E-state index is -0.426. The number of aryl methyl sites for hydroxylation is 2. The molecule has 0 radical (unpaired) electrons. The Bertz CT molecular complexity index is 574. The summed E-state index contributed by atoms with van der Waals surface area (Å²) < 4.78 is 5.23. The molecule has 0 aliphatic heterocycles. The van der Waals surface area contributed by atoms with Gasteiger partial charge in [0.05, 0.1) is 5.56 Å². The van der Waals surface area contributed by atoms with E-state index in [1.807, 2.05) is 33.0 Å². The molecule has 0 heterocycles. The van der Waals surface area contributed by atoms with Crippen LogP contribution in [0.1, 0.15) is 54.1 Å². The highest BCUT2D eigenvalue weighted by Gasteiger charge is 2.25. The van der Waals surface area contributed by atoms with E-state index in [1.165, 1.54) is 0 Å². The standard InChI is InChI=1S/C19H27NO3/c1-13-6-9-16(10-7-13)20(4)18(21)12-23-19(22)17-11-14(2)5-8-15(17)3/h5,8,11,13,16H,6-7,9-10,12H2,1-4H3. The molecule has 1 aliphatic carbocycles. The number of carbonyl (C=O) groups is 2. The Balaban J connectivity index is 1.88. The Morgan fingerprint density at radius 3 is 2.48 bits per heavy atom. The molecule has 0 unspecified atom stereocenters. The van der Waals surface area contributed by atoms with E-state index in [1.54, 1.807) is 11.0 Å². The number of hydrogen-bond donors (Lipinski definition) is 0. The van der Waals surface area contributed by atoms with Crippen LogP contribution in [0.3, 0.4) is 0 Å². The van der Waals surface area contributed by atoms with E-state index in [2.05, 4.69) is 6.92 Å². The molecule has 0 bridgehead atoms. The first kappa shape index (κ1) is 17.5. The third kappa shape index (κ3) is 4.57. The molecule has 2 rings (SSSR count). The van der Waals surface area contributed by atoms with Crippen LogP contribution in [0.25, 0.3) is 0 Å². The molecular weight excluding hydrogens is 290 g/mol. The van der Waals surface area contributed by atoms with Crippen molar-refractivity contribution in [2.24, 2.45) is 5.92 Å². The van der Waals surface area contributed by atoms with Crippen LogP contribution in [0.4, 0.5) is 0 Å². The van der Waals surface area contributed by atoms with Crippen molar-refractivity contribution in [1.29, 1.82) is 0 Å². The molecule has 1 amide bonds. The molecule has 4 nitrogen and oxygen atoms in total. The van der Waals surface area contributed by atoms with Gasteiger partial charge in [0.2, 0.25) is 0 Å². The Hall–Kier alpha value is -1.84. The van der Waals surface area contributed by atoms with Crippen molar-refractivity contribution in [1.82, 2.24) is 4.90 Å². The summed E-state index contributed by atoms with van der Waals surface area (Å²) in [6.45, 7) is 5.87. The van der Waals surface area contributed by atoms with E-state index in [-0.39, 0.29) is 18.6 Å². The minimum Gasteiger partial charge on any atom is -0.452 e. The molecule has 0 saturated heterocycles. The predicted octanol–water partition coefficient (Wildman–Crippen LogP) is 3.50. The second-order valence-electron chi connectivity index (χ2n) is 6.81. The zero-order chi connectivity index (χ0) is 17.0. The maximum atomic E-state index is 12.3. The summed E-state index contributed by atoms with van der Waals surface area (Å²) in [5.74, 6) is 0.199. The fourth-order valence-corrected chi connectivity index (χ4v) is 3.10. The van der Waals surface area contributed by atoms with Gasteiger partial charge in [-0.1, -0.05) is 24.6 Å². The molecule has 0 spiro atoms. The third-order valence-corrected chi connectivity index (χ3v) is 4.87. The number of nitrogens with zero attached hydrogens (tertiary/aromatic N) is 1. The quantitative estimate of drug-likeness (QED) is 0.799. The second-order valence-corrected chi connectivity index (χ2v) is 6.81. The lowest BCUT2D eigenvalue weighted by atomic mass is 9.87. The maximum absolute atomic E-state index is 12.3. The van der Waals surface area contributed by atoms with Crippen LogP contribution in [-0.4, -0.2) is 36.5 Å². The lowest BCUT2D eigenvalue weighted by Gasteiger charge is -2.33. The molecule has 1 aromatic rings. The van der Waals surface area contributed by atoms with Crippen molar-refractivity contribution in [3.8, 4) is 0 Å². The summed E-state index contributed by atoms with van der Waals surface area (Å²) in [7, 11) is 1.81. The largest absolute Gasteiger partial charge is 0.452 e. The summed E-state index contributed by atoms with van der Waals surface area (Å²) in [5, 5.41) is 0. The number of carbonyl (C=O) groups excluding carboxylic acids is 2. The van der Waals surface area contributed by atoms with Crippen molar-refractivity contribution in [2.75, 3.05) is 13.7 Å². The third-order valence-electron chi connectivity index (χ3n) is 4.87. The number of ether oxygens (including phenoxy) is 1. The highest BCUT2D eigenvalue weighted by molar-refractivity contribution is 5.92. The van der Waals surface area contributed by atoms with Crippen LogP contribution in [0.15, 0.2) is 18.2 Å². The van der Waals surface area contributed by atoms with Crippen LogP contribution in [0, 0.1) is 19.8 Å². The van der Waals surface area contributed by atoms with Crippen LogP contribution < -0.4 is 0 Å². The number of esters is 1. The number of amides is 1. The molecule has 1 fully saturated rings. The van der Waals surface area contributed by atoms with Gasteiger partial charge in [0.25, 0.3) is 5.91 Å². The lowest BCUT2D eigenvalue weighted by molar-refractivity contribution is -0.136. The van der Waals surface area contributed by atoms with Gasteiger partial charge in [0.1, 0.15) is 0 Å². The predicted molar refractivity (Wildman–Crippen MR) is 90.4 cm³/mol. The molecule has 1 saturated carbocycles. The number of rotatable bonds is 4. The van der Waals surface area contributed by atoms with E-state index < -0.39 is 5.97 Å². The van der Waals surface area contributed by atoms with Gasteiger partial charge in [-0.05, 0) is 57.1 Å². The number of hydrogen-bond acceptors (Lipinski definition) is 3. The Labute approximate surface area is 138 Å². The van der Waals surface area contributed by atoms with Crippen molar-refractivity contribution >= 4 is 11.9 Å². The summed E-state index contributed by atoms with van der Waals surface area (Å²) in [4.78, 5) is 26.2. The van der Waals surface area contributed by atoms with Crippen molar-refractivity contribution < 1.29 is 14.3 Å². The van der Waals surface area contributed by atoms with Crippen molar-refractivity contribution in [3.63, 3.8) is 0 Å². The Morgan fingerprint density at radius 1 is 1.17 bits per heavy atom. The summed E-state index contributed by atoms with van der Waals surface area (Å²) in [6, 6.07) is 5.92. The smallest absolute Gasteiger partial charge is 0.338 e. The van der Waals surface area contributed by atoms with Gasteiger partial charge < -0.3 is 9.64 Å². The Kier molecular flexibility index (Phi) is 5.80. The maximum Gasteiger partial charge on any atom is 0.338 e. The average Bonchev–Trinajstić information content (AvgIpc) is 2.54. The van der Waals surface area contributed by atoms with Crippen LogP contribution in [0.2, 0.25) is 0 Å². The Morgan fingerprint density at radius 2 is 1.83 bits per heavy atom. The zero-order valence-electron chi connectivity index (χ0n) is 14.6. The molecule has 126 valence electrons. The van der Waals surface area contributed by atoms with Gasteiger partial charge in [-0.25, -0.2) is 4.79 Å². The average molecular weight is 317 g/mol. The molecule has 0 aromatic heterocycles. The fraction of sp³-hybridized carbons (Fsp3) is 0.579. The normalized spacial score (nSPS) is 20.9. The number of likely N-dealkylation sites (N-methyl/N-ethyl adjacent to an activating group) is 1. The van der Waals surface area contributed by atoms with Crippen molar-refractivity contribution in [2.45, 2.75) is 52.5 Å². The summed E-state index contributed by atoms with van der Waals surface area (Å²) in [6.07, 6.45) is 4.39. The minimum absolute atomic E-state index is 0.122. The van der Waals surface area contributed by atoms with Gasteiger partial charge >= 0.3 is 5.97 Å². The van der Waals surface area contributed by atoms with E-state index in [4.69, 9.17) is 4.74 Å². The van der Waals surface area contributed by atoms with Crippen LogP contribution >= 0.6 is 0 Å². The van der Waals surface area contributed by atoms with Gasteiger partial charge in [-0.2, -0.15) is 0 Å². The lowest BCUT2D eigenvalue weighted by Crippen LogP contribution is -2.41. The summed E-state index contributed by atoms with van der Waals surface area (Å²) >= 11 is 0. The van der Waals surface area contributed by atoms with Crippen molar-refractivity contribution in [3.05, 3.63) is 34.9 Å². The van der Waals surface area contributed by atoms with Gasteiger partial charge in [-0.15, -0.1) is 0 Å². The molecule has 0 atom stereocenters. The molecule has 0 N–H and O–H groups in total. The van der Waals surface area contributed by atoms with Crippen LogP contribution in [0.5, 0.6) is 0 Å².